The van der Waals surface area contributed by atoms with Crippen molar-refractivity contribution in [2.24, 2.45) is 0 Å². The predicted molar refractivity (Wildman–Crippen MR) is 125 cm³/mol. The maximum absolute atomic E-state index is 12.6. The Morgan fingerprint density at radius 3 is 1.72 bits per heavy atom. The standard InChI is InChI=1S/C24H46N2O6/c1-4-6-8-9-10-11-12-13-15-17-20(29)25-22(19(28)16-14-7-5-2)23(30)26-21(18(3)27)24(31)32/h18-19,21-22,27-28H,4-17H2,1-3H3,(H,25,29)(H,26,30)(H,31,32). The SMILES string of the molecule is CCCCCCCCCCCC(=O)NC(C(=O)NC(C(=O)O)C(C)O)C(O)CCCCC. The Balaban J connectivity index is 4.62. The average molecular weight is 459 g/mol. The third-order valence-corrected chi connectivity index (χ3v) is 5.64. The number of carboxylic acid groups (broad SMARTS) is 1. The van der Waals surface area contributed by atoms with Gasteiger partial charge >= 0.3 is 5.97 Å². The Morgan fingerprint density at radius 1 is 0.719 bits per heavy atom. The molecule has 0 aromatic rings. The van der Waals surface area contributed by atoms with Crippen LogP contribution in [0.15, 0.2) is 0 Å². The van der Waals surface area contributed by atoms with Crippen LogP contribution in [0.1, 0.15) is 111 Å². The van der Waals surface area contributed by atoms with Crippen LogP contribution < -0.4 is 10.6 Å². The van der Waals surface area contributed by atoms with Gasteiger partial charge in [0.05, 0.1) is 12.2 Å². The van der Waals surface area contributed by atoms with Gasteiger partial charge < -0.3 is 26.0 Å². The van der Waals surface area contributed by atoms with Crippen molar-refractivity contribution in [3.63, 3.8) is 0 Å². The van der Waals surface area contributed by atoms with E-state index >= 15 is 0 Å². The highest BCUT2D eigenvalue weighted by atomic mass is 16.4. The van der Waals surface area contributed by atoms with E-state index in [0.29, 0.717) is 19.3 Å². The second kappa shape index (κ2) is 18.9. The van der Waals surface area contributed by atoms with Crippen LogP contribution in [0.2, 0.25) is 0 Å². The molecular weight excluding hydrogens is 412 g/mol. The van der Waals surface area contributed by atoms with Gasteiger partial charge in [-0.05, 0) is 19.8 Å². The minimum atomic E-state index is -1.51. The van der Waals surface area contributed by atoms with Gasteiger partial charge in [-0.25, -0.2) is 4.79 Å². The maximum Gasteiger partial charge on any atom is 0.328 e. The lowest BCUT2D eigenvalue weighted by molar-refractivity contribution is -0.145. The fraction of sp³-hybridized carbons (Fsp3) is 0.875. The van der Waals surface area contributed by atoms with E-state index in [0.717, 1.165) is 32.1 Å². The molecule has 0 saturated carbocycles. The van der Waals surface area contributed by atoms with E-state index in [1.807, 2.05) is 6.92 Å². The molecule has 5 N–H and O–H groups in total. The molecule has 0 aliphatic rings. The Kier molecular flexibility index (Phi) is 17.9. The number of aliphatic hydroxyl groups is 2. The van der Waals surface area contributed by atoms with Crippen molar-refractivity contribution in [1.29, 1.82) is 0 Å². The molecule has 0 radical (unpaired) electrons. The fourth-order valence-electron chi connectivity index (χ4n) is 3.58. The highest BCUT2D eigenvalue weighted by Crippen LogP contribution is 2.12. The van der Waals surface area contributed by atoms with Gasteiger partial charge in [0.1, 0.15) is 6.04 Å². The fourth-order valence-corrected chi connectivity index (χ4v) is 3.58. The number of aliphatic carboxylic acids is 1. The summed E-state index contributed by atoms with van der Waals surface area (Å²) in [7, 11) is 0. The van der Waals surface area contributed by atoms with Crippen LogP contribution >= 0.6 is 0 Å². The van der Waals surface area contributed by atoms with E-state index in [4.69, 9.17) is 0 Å². The highest BCUT2D eigenvalue weighted by molar-refractivity contribution is 5.91. The quantitative estimate of drug-likeness (QED) is 0.178. The van der Waals surface area contributed by atoms with Crippen molar-refractivity contribution in [3.05, 3.63) is 0 Å². The van der Waals surface area contributed by atoms with Gasteiger partial charge in [0.15, 0.2) is 6.04 Å². The number of amides is 2. The van der Waals surface area contributed by atoms with Gasteiger partial charge in [-0.3, -0.25) is 9.59 Å². The second-order valence-electron chi connectivity index (χ2n) is 8.75. The van der Waals surface area contributed by atoms with Gasteiger partial charge in [0.25, 0.3) is 0 Å². The first-order chi connectivity index (χ1) is 15.2. The maximum atomic E-state index is 12.6. The zero-order valence-corrected chi connectivity index (χ0v) is 20.3. The molecule has 0 aliphatic heterocycles. The van der Waals surface area contributed by atoms with Crippen molar-refractivity contribution in [2.45, 2.75) is 135 Å². The molecule has 0 heterocycles. The summed E-state index contributed by atoms with van der Waals surface area (Å²) in [4.78, 5) is 36.3. The molecular formula is C24H46N2O6. The predicted octanol–water partition coefficient (Wildman–Crippen LogP) is 3.28. The van der Waals surface area contributed by atoms with Crippen molar-refractivity contribution in [2.75, 3.05) is 0 Å². The first kappa shape index (κ1) is 30.3. The summed E-state index contributed by atoms with van der Waals surface area (Å²) in [5, 5.41) is 34.1. The molecule has 0 saturated heterocycles. The number of carbonyl (C=O) groups excluding carboxylic acids is 2. The summed E-state index contributed by atoms with van der Waals surface area (Å²) in [6.07, 6.45) is 10.8. The zero-order chi connectivity index (χ0) is 24.4. The number of aliphatic hydroxyl groups excluding tert-OH is 2. The van der Waals surface area contributed by atoms with Crippen LogP contribution in [0, 0.1) is 0 Å². The monoisotopic (exact) mass is 458 g/mol. The van der Waals surface area contributed by atoms with Gasteiger partial charge in [-0.1, -0.05) is 84.5 Å². The zero-order valence-electron chi connectivity index (χ0n) is 20.3. The number of hydrogen-bond acceptors (Lipinski definition) is 5. The third-order valence-electron chi connectivity index (χ3n) is 5.64. The highest BCUT2D eigenvalue weighted by Gasteiger charge is 2.33. The lowest BCUT2D eigenvalue weighted by Gasteiger charge is -2.26. The van der Waals surface area contributed by atoms with E-state index in [2.05, 4.69) is 17.6 Å². The van der Waals surface area contributed by atoms with Crippen molar-refractivity contribution in [1.82, 2.24) is 10.6 Å². The van der Waals surface area contributed by atoms with Crippen LogP contribution in [0.5, 0.6) is 0 Å². The number of carbonyl (C=O) groups is 3. The summed E-state index contributed by atoms with van der Waals surface area (Å²) >= 11 is 0. The van der Waals surface area contributed by atoms with Gasteiger partial charge in [0.2, 0.25) is 11.8 Å². The first-order valence-corrected chi connectivity index (χ1v) is 12.4. The smallest absolute Gasteiger partial charge is 0.328 e. The molecule has 0 aromatic carbocycles. The lowest BCUT2D eigenvalue weighted by atomic mass is 10.0. The molecule has 0 aromatic heterocycles. The molecule has 4 atom stereocenters. The van der Waals surface area contributed by atoms with Crippen LogP contribution in [-0.4, -0.2) is 57.4 Å². The molecule has 0 rings (SSSR count). The molecule has 8 heteroatoms. The van der Waals surface area contributed by atoms with Crippen molar-refractivity contribution >= 4 is 17.8 Å². The molecule has 32 heavy (non-hydrogen) atoms. The number of unbranched alkanes of at least 4 members (excludes halogenated alkanes) is 10. The topological polar surface area (TPSA) is 136 Å². The molecule has 188 valence electrons. The van der Waals surface area contributed by atoms with Crippen LogP contribution in [-0.2, 0) is 14.4 Å². The minimum Gasteiger partial charge on any atom is -0.480 e. The number of hydrogen-bond donors (Lipinski definition) is 5. The molecule has 2 amide bonds. The number of nitrogens with one attached hydrogen (secondary N) is 2. The third kappa shape index (κ3) is 14.4. The first-order valence-electron chi connectivity index (χ1n) is 12.4. The van der Waals surface area contributed by atoms with Gasteiger partial charge in [-0.2, -0.15) is 0 Å². The van der Waals surface area contributed by atoms with E-state index in [1.165, 1.54) is 39.0 Å². The number of rotatable bonds is 20. The molecule has 4 unspecified atom stereocenters. The largest absolute Gasteiger partial charge is 0.480 e. The average Bonchev–Trinajstić information content (AvgIpc) is 2.74. The van der Waals surface area contributed by atoms with E-state index < -0.39 is 36.2 Å². The summed E-state index contributed by atoms with van der Waals surface area (Å²) in [6, 6.07) is -2.76. The van der Waals surface area contributed by atoms with Gasteiger partial charge in [0, 0.05) is 6.42 Å². The van der Waals surface area contributed by atoms with Gasteiger partial charge in [-0.15, -0.1) is 0 Å². The van der Waals surface area contributed by atoms with Crippen molar-refractivity contribution < 1.29 is 29.7 Å². The second-order valence-corrected chi connectivity index (χ2v) is 8.75. The normalized spacial score (nSPS) is 14.9. The van der Waals surface area contributed by atoms with Crippen LogP contribution in [0.4, 0.5) is 0 Å². The Hall–Kier alpha value is -1.67. The lowest BCUT2D eigenvalue weighted by Crippen LogP contribution is -2.58. The Morgan fingerprint density at radius 2 is 1.22 bits per heavy atom. The van der Waals surface area contributed by atoms with E-state index in [9.17, 15) is 29.7 Å². The summed E-state index contributed by atoms with van der Waals surface area (Å²) < 4.78 is 0. The summed E-state index contributed by atoms with van der Waals surface area (Å²) in [6.45, 7) is 5.47. The Bertz CT molecular complexity index is 527. The molecule has 8 nitrogen and oxygen atoms in total. The molecule has 0 fully saturated rings. The van der Waals surface area contributed by atoms with E-state index in [-0.39, 0.29) is 12.3 Å². The van der Waals surface area contributed by atoms with E-state index in [1.54, 1.807) is 0 Å². The molecule has 0 aliphatic carbocycles. The Labute approximate surface area is 193 Å². The summed E-state index contributed by atoms with van der Waals surface area (Å²) in [5.74, 6) is -2.53. The molecule has 0 bridgehead atoms. The number of carboxylic acids is 1. The van der Waals surface area contributed by atoms with Crippen molar-refractivity contribution in [3.8, 4) is 0 Å². The van der Waals surface area contributed by atoms with Crippen LogP contribution in [0.3, 0.4) is 0 Å². The van der Waals surface area contributed by atoms with Crippen LogP contribution in [0.25, 0.3) is 0 Å². The molecule has 0 spiro atoms. The summed E-state index contributed by atoms with van der Waals surface area (Å²) in [5.41, 5.74) is 0. The minimum absolute atomic E-state index is 0.250.